The molecule has 0 bridgehead atoms. The molecule has 0 atom stereocenters. The van der Waals surface area contributed by atoms with Crippen molar-refractivity contribution in [1.82, 2.24) is 4.90 Å². The van der Waals surface area contributed by atoms with Gasteiger partial charge >= 0.3 is 12.1 Å². The van der Waals surface area contributed by atoms with E-state index in [1.54, 1.807) is 4.90 Å². The van der Waals surface area contributed by atoms with Crippen molar-refractivity contribution in [3.8, 4) is 0 Å². The highest BCUT2D eigenvalue weighted by atomic mass is 16.6. The summed E-state index contributed by atoms with van der Waals surface area (Å²) in [7, 11) is 1.40. The van der Waals surface area contributed by atoms with Crippen LogP contribution in [0, 0.1) is 13.8 Å². The second-order valence-corrected chi connectivity index (χ2v) is 7.80. The summed E-state index contributed by atoms with van der Waals surface area (Å²) in [6, 6.07) is 3.95. The first-order chi connectivity index (χ1) is 12.1. The summed E-state index contributed by atoms with van der Waals surface area (Å²) in [5.41, 5.74) is 4.60. The van der Waals surface area contributed by atoms with E-state index in [0.717, 1.165) is 29.5 Å². The van der Waals surface area contributed by atoms with E-state index >= 15 is 0 Å². The molecular weight excluding hydrogens is 330 g/mol. The molecule has 1 aliphatic rings. The van der Waals surface area contributed by atoms with Gasteiger partial charge in [0.15, 0.2) is 0 Å². The third-order valence-corrected chi connectivity index (χ3v) is 4.46. The molecule has 0 aromatic heterocycles. The van der Waals surface area contributed by atoms with Crippen molar-refractivity contribution in [2.45, 2.75) is 53.1 Å². The van der Waals surface area contributed by atoms with Gasteiger partial charge in [-0.3, -0.25) is 0 Å². The number of esters is 1. The molecule has 1 heterocycles. The Hall–Kier alpha value is -2.30. The standard InChI is InChI=1S/C21H29NO4/c1-14-11-15(2)18(19(23)25-6)13-17(14)12-16-7-9-22(10-8-16)20(24)26-21(3,4)5/h7,11,13H,8-10,12H2,1-6H3. The zero-order valence-electron chi connectivity index (χ0n) is 16.6. The average molecular weight is 359 g/mol. The van der Waals surface area contributed by atoms with Gasteiger partial charge in [0.1, 0.15) is 5.60 Å². The van der Waals surface area contributed by atoms with E-state index in [9.17, 15) is 9.59 Å². The lowest BCUT2D eigenvalue weighted by Gasteiger charge is -2.29. The van der Waals surface area contributed by atoms with Crippen LogP contribution in [0.25, 0.3) is 0 Å². The van der Waals surface area contributed by atoms with Gasteiger partial charge < -0.3 is 14.4 Å². The van der Waals surface area contributed by atoms with Crippen LogP contribution in [-0.2, 0) is 15.9 Å². The van der Waals surface area contributed by atoms with Gasteiger partial charge in [0.05, 0.1) is 12.7 Å². The Labute approximate surface area is 156 Å². The number of hydrogen-bond acceptors (Lipinski definition) is 4. The van der Waals surface area contributed by atoms with Crippen molar-refractivity contribution >= 4 is 12.1 Å². The number of carbonyl (C=O) groups excluding carboxylic acids is 2. The number of amides is 1. The van der Waals surface area contributed by atoms with Crippen molar-refractivity contribution in [2.75, 3.05) is 20.2 Å². The SMILES string of the molecule is COC(=O)c1cc(CC2=CCN(C(=O)OC(C)(C)C)CC2)c(C)cc1C. The lowest BCUT2D eigenvalue weighted by molar-refractivity contribution is 0.0265. The van der Waals surface area contributed by atoms with Crippen molar-refractivity contribution < 1.29 is 19.1 Å². The number of rotatable bonds is 3. The molecule has 1 amide bonds. The Kier molecular flexibility index (Phi) is 6.11. The molecule has 0 spiro atoms. The predicted octanol–water partition coefficient (Wildman–Crippen LogP) is 4.20. The van der Waals surface area contributed by atoms with Crippen molar-refractivity contribution in [2.24, 2.45) is 0 Å². The summed E-state index contributed by atoms with van der Waals surface area (Å²) in [5, 5.41) is 0. The molecular formula is C21H29NO4. The van der Waals surface area contributed by atoms with E-state index in [0.29, 0.717) is 18.7 Å². The van der Waals surface area contributed by atoms with Gasteiger partial charge in [0.2, 0.25) is 0 Å². The highest BCUT2D eigenvalue weighted by molar-refractivity contribution is 5.91. The summed E-state index contributed by atoms with van der Waals surface area (Å²) in [6.45, 7) is 10.8. The van der Waals surface area contributed by atoms with Crippen molar-refractivity contribution in [3.63, 3.8) is 0 Å². The number of hydrogen-bond donors (Lipinski definition) is 0. The van der Waals surface area contributed by atoms with Crippen molar-refractivity contribution in [3.05, 3.63) is 46.0 Å². The first-order valence-electron chi connectivity index (χ1n) is 8.95. The number of ether oxygens (including phenoxy) is 2. The minimum atomic E-state index is -0.482. The number of carbonyl (C=O) groups is 2. The molecule has 0 saturated carbocycles. The van der Waals surface area contributed by atoms with Crippen LogP contribution < -0.4 is 0 Å². The zero-order valence-corrected chi connectivity index (χ0v) is 16.6. The Morgan fingerprint density at radius 3 is 2.38 bits per heavy atom. The van der Waals surface area contributed by atoms with Crippen LogP contribution >= 0.6 is 0 Å². The fourth-order valence-corrected chi connectivity index (χ4v) is 3.03. The van der Waals surface area contributed by atoms with E-state index in [1.165, 1.54) is 12.7 Å². The second-order valence-electron chi connectivity index (χ2n) is 7.80. The first kappa shape index (κ1) is 20.0. The first-order valence-corrected chi connectivity index (χ1v) is 8.95. The van der Waals surface area contributed by atoms with Gasteiger partial charge in [-0.2, -0.15) is 0 Å². The maximum atomic E-state index is 12.1. The van der Waals surface area contributed by atoms with Gasteiger partial charge in [-0.25, -0.2) is 9.59 Å². The van der Waals surface area contributed by atoms with Crippen LogP contribution in [-0.4, -0.2) is 42.8 Å². The molecule has 26 heavy (non-hydrogen) atoms. The molecule has 142 valence electrons. The molecule has 2 rings (SSSR count). The van der Waals surface area contributed by atoms with E-state index in [-0.39, 0.29) is 12.1 Å². The summed E-state index contributed by atoms with van der Waals surface area (Å²) in [6.07, 6.45) is 3.40. The highest BCUT2D eigenvalue weighted by Gasteiger charge is 2.24. The molecule has 1 aliphatic heterocycles. The van der Waals surface area contributed by atoms with E-state index in [1.807, 2.05) is 39.8 Å². The van der Waals surface area contributed by atoms with Gasteiger partial charge in [0.25, 0.3) is 0 Å². The summed E-state index contributed by atoms with van der Waals surface area (Å²) in [4.78, 5) is 25.8. The monoisotopic (exact) mass is 359 g/mol. The molecule has 0 saturated heterocycles. The number of methoxy groups -OCH3 is 1. The molecule has 0 radical (unpaired) electrons. The zero-order chi connectivity index (χ0) is 19.5. The molecule has 0 aliphatic carbocycles. The molecule has 0 N–H and O–H groups in total. The van der Waals surface area contributed by atoms with E-state index in [4.69, 9.17) is 9.47 Å². The van der Waals surface area contributed by atoms with Gasteiger partial charge in [0, 0.05) is 13.1 Å². The van der Waals surface area contributed by atoms with Crippen LogP contribution in [0.15, 0.2) is 23.8 Å². The third-order valence-electron chi connectivity index (χ3n) is 4.46. The maximum absolute atomic E-state index is 12.1. The largest absolute Gasteiger partial charge is 0.465 e. The topological polar surface area (TPSA) is 55.8 Å². The molecule has 1 aromatic rings. The van der Waals surface area contributed by atoms with Gasteiger partial charge in [-0.05, 0) is 70.2 Å². The van der Waals surface area contributed by atoms with Crippen LogP contribution in [0.4, 0.5) is 4.79 Å². The van der Waals surface area contributed by atoms with Gasteiger partial charge in [-0.15, -0.1) is 0 Å². The highest BCUT2D eigenvalue weighted by Crippen LogP contribution is 2.23. The minimum absolute atomic E-state index is 0.271. The quantitative estimate of drug-likeness (QED) is 0.599. The van der Waals surface area contributed by atoms with E-state index in [2.05, 4.69) is 13.0 Å². The molecule has 5 nitrogen and oxygen atoms in total. The lowest BCUT2D eigenvalue weighted by atomic mass is 9.93. The predicted molar refractivity (Wildman–Crippen MR) is 101 cm³/mol. The molecule has 1 aromatic carbocycles. The van der Waals surface area contributed by atoms with Crippen molar-refractivity contribution in [1.29, 1.82) is 0 Å². The van der Waals surface area contributed by atoms with E-state index < -0.39 is 5.60 Å². The van der Waals surface area contributed by atoms with Crippen LogP contribution in [0.5, 0.6) is 0 Å². The Morgan fingerprint density at radius 2 is 1.85 bits per heavy atom. The van der Waals surface area contributed by atoms with Gasteiger partial charge in [-0.1, -0.05) is 17.7 Å². The Bertz CT molecular complexity index is 728. The number of benzene rings is 1. The summed E-state index contributed by atoms with van der Waals surface area (Å²) < 4.78 is 10.3. The fraction of sp³-hybridized carbons (Fsp3) is 0.524. The average Bonchev–Trinajstić information content (AvgIpc) is 2.55. The van der Waals surface area contributed by atoms with Crippen LogP contribution in [0.2, 0.25) is 0 Å². The normalized spacial score (nSPS) is 14.7. The fourth-order valence-electron chi connectivity index (χ4n) is 3.03. The number of nitrogens with zero attached hydrogens (tertiary/aromatic N) is 1. The van der Waals surface area contributed by atoms with Crippen LogP contribution in [0.3, 0.4) is 0 Å². The minimum Gasteiger partial charge on any atom is -0.465 e. The lowest BCUT2D eigenvalue weighted by Crippen LogP contribution is -2.39. The summed E-state index contributed by atoms with van der Waals surface area (Å²) in [5.74, 6) is -0.308. The number of aryl methyl sites for hydroxylation is 2. The Balaban J connectivity index is 2.09. The second kappa shape index (κ2) is 7.94. The molecule has 0 fully saturated rings. The third kappa shape index (κ3) is 5.10. The summed E-state index contributed by atoms with van der Waals surface area (Å²) >= 11 is 0. The molecule has 0 unspecified atom stereocenters. The Morgan fingerprint density at radius 1 is 1.15 bits per heavy atom. The molecule has 5 heteroatoms. The van der Waals surface area contributed by atoms with Crippen LogP contribution in [0.1, 0.15) is 54.2 Å². The smallest absolute Gasteiger partial charge is 0.410 e. The maximum Gasteiger partial charge on any atom is 0.410 e.